The number of urea groups is 1. The molecule has 6 heteroatoms. The Bertz CT molecular complexity index is 182. The number of imide groups is 1. The number of amides is 3. The number of nitrogens with one attached hydrogen (secondary N) is 2. The average Bonchev–Trinajstić information content (AvgIpc) is 1.96. The van der Waals surface area contributed by atoms with E-state index in [9.17, 15) is 9.59 Å². The van der Waals surface area contributed by atoms with Crippen LogP contribution in [0.4, 0.5) is 4.79 Å². The Labute approximate surface area is 76.8 Å². The van der Waals surface area contributed by atoms with Gasteiger partial charge >= 0.3 is 6.03 Å². The van der Waals surface area contributed by atoms with Crippen molar-refractivity contribution in [3.05, 3.63) is 0 Å². The van der Waals surface area contributed by atoms with Gasteiger partial charge in [-0.05, 0) is 5.92 Å². The molecule has 6 nitrogen and oxygen atoms in total. The van der Waals surface area contributed by atoms with E-state index < -0.39 is 11.9 Å². The zero-order chi connectivity index (χ0) is 10.3. The lowest BCUT2D eigenvalue weighted by molar-refractivity contribution is -0.121. The lowest BCUT2D eigenvalue weighted by Crippen LogP contribution is -2.40. The van der Waals surface area contributed by atoms with Gasteiger partial charge in [0.25, 0.3) is 0 Å². The molecule has 76 valence electrons. The average molecular weight is 189 g/mol. The summed E-state index contributed by atoms with van der Waals surface area (Å²) in [5.41, 5.74) is 7.11. The van der Waals surface area contributed by atoms with Crippen LogP contribution in [-0.4, -0.2) is 25.1 Å². The lowest BCUT2D eigenvalue weighted by atomic mass is 10.2. The highest BCUT2D eigenvalue weighted by Crippen LogP contribution is 1.88. The first-order valence-corrected chi connectivity index (χ1v) is 3.96. The van der Waals surface area contributed by atoms with Crippen molar-refractivity contribution in [2.45, 2.75) is 13.8 Å². The van der Waals surface area contributed by atoms with Gasteiger partial charge in [0, 0.05) is 0 Å². The molecular weight excluding hydrogens is 174 g/mol. The van der Waals surface area contributed by atoms with Crippen LogP contribution in [0.5, 0.6) is 0 Å². The Morgan fingerprint density at radius 1 is 1.46 bits per heavy atom. The SMILES string of the molecule is CC(C)CONCC(=O)NC(N)=O. The molecule has 0 aromatic heterocycles. The predicted octanol–water partition coefficient (Wildman–Crippen LogP) is -0.641. The minimum atomic E-state index is -0.865. The summed E-state index contributed by atoms with van der Waals surface area (Å²) in [5.74, 6) is -0.136. The smallest absolute Gasteiger partial charge is 0.318 e. The molecule has 0 unspecified atom stereocenters. The van der Waals surface area contributed by atoms with Crippen molar-refractivity contribution in [3.8, 4) is 0 Å². The first kappa shape index (κ1) is 11.9. The van der Waals surface area contributed by atoms with Gasteiger partial charge in [-0.25, -0.2) is 4.79 Å². The quantitative estimate of drug-likeness (QED) is 0.396. The fraction of sp³-hybridized carbons (Fsp3) is 0.714. The Balaban J connectivity index is 3.32. The molecular formula is C7H15N3O3. The van der Waals surface area contributed by atoms with Gasteiger partial charge in [0.1, 0.15) is 6.54 Å². The largest absolute Gasteiger partial charge is 0.351 e. The molecule has 0 aromatic rings. The molecule has 0 rings (SSSR count). The standard InChI is InChI=1S/C7H15N3O3/c1-5(2)4-13-9-3-6(11)10-7(8)12/h5,9H,3-4H2,1-2H3,(H3,8,10,11,12). The number of carbonyl (C=O) groups excluding carboxylic acids is 2. The van der Waals surface area contributed by atoms with Crippen molar-refractivity contribution in [2.75, 3.05) is 13.2 Å². The molecule has 13 heavy (non-hydrogen) atoms. The molecule has 0 bridgehead atoms. The number of hydroxylamine groups is 1. The summed E-state index contributed by atoms with van der Waals surface area (Å²) >= 11 is 0. The molecule has 0 heterocycles. The number of primary amides is 1. The monoisotopic (exact) mass is 189 g/mol. The first-order chi connectivity index (χ1) is 6.02. The molecule has 0 aliphatic rings. The molecule has 0 atom stereocenters. The fourth-order valence-corrected chi connectivity index (χ4v) is 0.524. The van der Waals surface area contributed by atoms with Gasteiger partial charge in [0.05, 0.1) is 6.61 Å². The van der Waals surface area contributed by atoms with Crippen molar-refractivity contribution in [1.82, 2.24) is 10.8 Å². The van der Waals surface area contributed by atoms with Crippen LogP contribution in [-0.2, 0) is 9.63 Å². The summed E-state index contributed by atoms with van der Waals surface area (Å²) in [6.07, 6.45) is 0. The van der Waals surface area contributed by atoms with Gasteiger partial charge in [-0.2, -0.15) is 5.48 Å². The number of hydrogen-bond donors (Lipinski definition) is 3. The van der Waals surface area contributed by atoms with E-state index in [1.807, 2.05) is 19.2 Å². The van der Waals surface area contributed by atoms with Crippen LogP contribution >= 0.6 is 0 Å². The van der Waals surface area contributed by atoms with E-state index in [4.69, 9.17) is 10.6 Å². The van der Waals surface area contributed by atoms with Gasteiger partial charge < -0.3 is 10.6 Å². The van der Waals surface area contributed by atoms with Crippen LogP contribution in [0, 0.1) is 5.92 Å². The summed E-state index contributed by atoms with van der Waals surface area (Å²) in [4.78, 5) is 25.8. The highest BCUT2D eigenvalue weighted by Gasteiger charge is 2.02. The molecule has 0 aliphatic carbocycles. The second-order valence-electron chi connectivity index (χ2n) is 2.94. The summed E-state index contributed by atoms with van der Waals surface area (Å²) in [6, 6.07) is -0.865. The molecule has 0 saturated carbocycles. The van der Waals surface area contributed by atoms with Crippen molar-refractivity contribution in [2.24, 2.45) is 11.7 Å². The van der Waals surface area contributed by atoms with Gasteiger partial charge in [-0.15, -0.1) is 0 Å². The van der Waals surface area contributed by atoms with Crippen LogP contribution < -0.4 is 16.5 Å². The van der Waals surface area contributed by atoms with Crippen LogP contribution in [0.3, 0.4) is 0 Å². The zero-order valence-corrected chi connectivity index (χ0v) is 7.79. The van der Waals surface area contributed by atoms with Gasteiger partial charge in [0.15, 0.2) is 0 Å². The third-order valence-corrected chi connectivity index (χ3v) is 1.01. The molecule has 0 fully saturated rings. The zero-order valence-electron chi connectivity index (χ0n) is 7.79. The van der Waals surface area contributed by atoms with Crippen LogP contribution in [0.1, 0.15) is 13.8 Å². The van der Waals surface area contributed by atoms with E-state index in [1.165, 1.54) is 0 Å². The van der Waals surface area contributed by atoms with Crippen molar-refractivity contribution in [1.29, 1.82) is 0 Å². The topological polar surface area (TPSA) is 93.4 Å². The van der Waals surface area contributed by atoms with E-state index in [2.05, 4.69) is 5.48 Å². The lowest BCUT2D eigenvalue weighted by Gasteiger charge is -2.06. The Kier molecular flexibility index (Phi) is 5.82. The molecule has 0 aliphatic heterocycles. The molecule has 0 saturated heterocycles. The number of carbonyl (C=O) groups is 2. The van der Waals surface area contributed by atoms with Crippen molar-refractivity contribution >= 4 is 11.9 Å². The number of hydrogen-bond acceptors (Lipinski definition) is 4. The van der Waals surface area contributed by atoms with Crippen molar-refractivity contribution < 1.29 is 14.4 Å². The van der Waals surface area contributed by atoms with E-state index in [-0.39, 0.29) is 6.54 Å². The Hall–Kier alpha value is -1.14. The minimum Gasteiger partial charge on any atom is -0.351 e. The minimum absolute atomic E-state index is 0.0876. The van der Waals surface area contributed by atoms with E-state index in [0.29, 0.717) is 12.5 Å². The molecule has 0 radical (unpaired) electrons. The summed E-state index contributed by atoms with van der Waals surface area (Å²) in [7, 11) is 0. The number of nitrogens with two attached hydrogens (primary N) is 1. The Morgan fingerprint density at radius 2 is 2.08 bits per heavy atom. The first-order valence-electron chi connectivity index (χ1n) is 3.96. The molecule has 4 N–H and O–H groups in total. The van der Waals surface area contributed by atoms with Crippen LogP contribution in [0.2, 0.25) is 0 Å². The van der Waals surface area contributed by atoms with E-state index >= 15 is 0 Å². The van der Waals surface area contributed by atoms with Gasteiger partial charge in [-0.3, -0.25) is 10.1 Å². The molecule has 3 amide bonds. The summed E-state index contributed by atoms with van der Waals surface area (Å²) in [5, 5.41) is 1.89. The van der Waals surface area contributed by atoms with Crippen LogP contribution in [0.15, 0.2) is 0 Å². The van der Waals surface area contributed by atoms with Crippen LogP contribution in [0.25, 0.3) is 0 Å². The second kappa shape index (κ2) is 6.38. The van der Waals surface area contributed by atoms with Crippen molar-refractivity contribution in [3.63, 3.8) is 0 Å². The highest BCUT2D eigenvalue weighted by molar-refractivity contribution is 5.94. The summed E-state index contributed by atoms with van der Waals surface area (Å²) in [6.45, 7) is 4.37. The molecule has 0 spiro atoms. The number of rotatable bonds is 5. The summed E-state index contributed by atoms with van der Waals surface area (Å²) < 4.78 is 0. The predicted molar refractivity (Wildman–Crippen MR) is 46.5 cm³/mol. The van der Waals surface area contributed by atoms with Gasteiger partial charge in [-0.1, -0.05) is 13.8 Å². The van der Waals surface area contributed by atoms with Gasteiger partial charge in [0.2, 0.25) is 5.91 Å². The van der Waals surface area contributed by atoms with E-state index in [1.54, 1.807) is 0 Å². The maximum Gasteiger partial charge on any atom is 0.318 e. The normalized spacial score (nSPS) is 10.1. The maximum atomic E-state index is 10.7. The maximum absolute atomic E-state index is 10.7. The Morgan fingerprint density at radius 3 is 2.54 bits per heavy atom. The third-order valence-electron chi connectivity index (χ3n) is 1.01. The highest BCUT2D eigenvalue weighted by atomic mass is 16.6. The van der Waals surface area contributed by atoms with E-state index in [0.717, 1.165) is 0 Å². The second-order valence-corrected chi connectivity index (χ2v) is 2.94. The molecule has 0 aromatic carbocycles. The fourth-order valence-electron chi connectivity index (χ4n) is 0.524. The third kappa shape index (κ3) is 8.77.